The summed E-state index contributed by atoms with van der Waals surface area (Å²) in [6.45, 7) is 18.6. The Morgan fingerprint density at radius 3 is 2.28 bits per heavy atom. The van der Waals surface area contributed by atoms with Crippen LogP contribution in [0.4, 0.5) is 0 Å². The second-order valence-electron chi connectivity index (χ2n) is 8.12. The largest absolute Gasteiger partial charge is 0.490 e. The monoisotopic (exact) mass is 561 g/mol. The molecular formula is C24H44IN5O2. The zero-order valence-corrected chi connectivity index (χ0v) is 23.0. The zero-order valence-electron chi connectivity index (χ0n) is 20.7. The highest BCUT2D eigenvalue weighted by molar-refractivity contribution is 14.0. The second kappa shape index (κ2) is 16.4. The fraction of sp³-hybridized carbons (Fsp3) is 0.708. The van der Waals surface area contributed by atoms with Gasteiger partial charge in [0.25, 0.3) is 0 Å². The van der Waals surface area contributed by atoms with E-state index in [0.717, 1.165) is 50.1 Å². The average molecular weight is 562 g/mol. The molecule has 0 bridgehead atoms. The molecule has 2 rings (SSSR count). The van der Waals surface area contributed by atoms with Crippen molar-refractivity contribution in [2.75, 3.05) is 72.6 Å². The van der Waals surface area contributed by atoms with Crippen LogP contribution in [0.15, 0.2) is 23.2 Å². The van der Waals surface area contributed by atoms with Crippen molar-refractivity contribution in [3.63, 3.8) is 0 Å². The van der Waals surface area contributed by atoms with Crippen LogP contribution in [0.3, 0.4) is 0 Å². The number of halogens is 1. The molecule has 1 aromatic carbocycles. The molecule has 1 saturated heterocycles. The van der Waals surface area contributed by atoms with Gasteiger partial charge in [-0.25, -0.2) is 0 Å². The van der Waals surface area contributed by atoms with E-state index >= 15 is 0 Å². The molecule has 8 heteroatoms. The van der Waals surface area contributed by atoms with Gasteiger partial charge >= 0.3 is 0 Å². The number of likely N-dealkylation sites (N-methyl/N-ethyl adjacent to an activating group) is 1. The molecular weight excluding hydrogens is 517 g/mol. The molecule has 1 aromatic rings. The average Bonchev–Trinajstić information content (AvgIpc) is 2.78. The van der Waals surface area contributed by atoms with Crippen molar-refractivity contribution in [2.24, 2.45) is 10.9 Å². The zero-order chi connectivity index (χ0) is 22.5. The van der Waals surface area contributed by atoms with Gasteiger partial charge in [0, 0.05) is 52.9 Å². The molecule has 7 nitrogen and oxygen atoms in total. The Balaban J connectivity index is 0.00000512. The molecule has 32 heavy (non-hydrogen) atoms. The molecule has 1 atom stereocenters. The molecule has 184 valence electrons. The lowest BCUT2D eigenvalue weighted by molar-refractivity contribution is 0.124. The molecule has 0 spiro atoms. The van der Waals surface area contributed by atoms with Gasteiger partial charge in [-0.2, -0.15) is 0 Å². The van der Waals surface area contributed by atoms with Crippen molar-refractivity contribution in [1.29, 1.82) is 0 Å². The smallest absolute Gasteiger partial charge is 0.190 e. The second-order valence-corrected chi connectivity index (χ2v) is 8.12. The number of hydrogen-bond acceptors (Lipinski definition) is 5. The first kappa shape index (κ1) is 28.8. The fourth-order valence-electron chi connectivity index (χ4n) is 3.86. The summed E-state index contributed by atoms with van der Waals surface area (Å²) in [6, 6.07) is 6.18. The summed E-state index contributed by atoms with van der Waals surface area (Å²) in [7, 11) is 1.83. The molecule has 0 aliphatic carbocycles. The topological polar surface area (TPSA) is 61.4 Å². The standard InChI is InChI=1S/C24H43N5O2.HI/c1-6-28-13-15-29(16-14-28)19-20(4)18-27-24(25-5)26-12-11-21-9-10-22(30-7-2)23(17-21)31-8-3;/h9-10,17,20H,6-8,11-16,18-19H2,1-5H3,(H2,25,26,27);1H. The van der Waals surface area contributed by atoms with Gasteiger partial charge in [0.1, 0.15) is 0 Å². The number of benzene rings is 1. The van der Waals surface area contributed by atoms with Crippen LogP contribution in [0.25, 0.3) is 0 Å². The van der Waals surface area contributed by atoms with Crippen molar-refractivity contribution >= 4 is 29.9 Å². The Labute approximate surface area is 212 Å². The van der Waals surface area contributed by atoms with Crippen LogP contribution in [0, 0.1) is 5.92 Å². The quantitative estimate of drug-likeness (QED) is 0.233. The van der Waals surface area contributed by atoms with Gasteiger partial charge in [-0.15, -0.1) is 24.0 Å². The van der Waals surface area contributed by atoms with Crippen LogP contribution < -0.4 is 20.1 Å². The van der Waals surface area contributed by atoms with Crippen molar-refractivity contribution in [2.45, 2.75) is 34.1 Å². The molecule has 0 aromatic heterocycles. The number of guanidine groups is 1. The van der Waals surface area contributed by atoms with Crippen LogP contribution in [-0.2, 0) is 6.42 Å². The van der Waals surface area contributed by atoms with E-state index in [1.165, 1.54) is 31.7 Å². The highest BCUT2D eigenvalue weighted by atomic mass is 127. The summed E-state index contributed by atoms with van der Waals surface area (Å²) in [5.41, 5.74) is 1.22. The van der Waals surface area contributed by atoms with Crippen molar-refractivity contribution in [1.82, 2.24) is 20.4 Å². The summed E-state index contributed by atoms with van der Waals surface area (Å²) in [6.07, 6.45) is 0.893. The molecule has 0 radical (unpaired) electrons. The molecule has 0 saturated carbocycles. The fourth-order valence-corrected chi connectivity index (χ4v) is 3.86. The number of nitrogens with one attached hydrogen (secondary N) is 2. The Morgan fingerprint density at radius 2 is 1.66 bits per heavy atom. The minimum absolute atomic E-state index is 0. The molecule has 2 N–H and O–H groups in total. The number of rotatable bonds is 12. The lowest BCUT2D eigenvalue weighted by Crippen LogP contribution is -2.48. The predicted molar refractivity (Wildman–Crippen MR) is 145 cm³/mol. The summed E-state index contributed by atoms with van der Waals surface area (Å²) in [4.78, 5) is 9.47. The van der Waals surface area contributed by atoms with E-state index in [1.807, 2.05) is 27.0 Å². The summed E-state index contributed by atoms with van der Waals surface area (Å²) in [5, 5.41) is 6.91. The van der Waals surface area contributed by atoms with E-state index in [-0.39, 0.29) is 24.0 Å². The summed E-state index contributed by atoms with van der Waals surface area (Å²) in [5.74, 6) is 3.06. The Morgan fingerprint density at radius 1 is 1.00 bits per heavy atom. The van der Waals surface area contributed by atoms with Crippen LogP contribution in [0.2, 0.25) is 0 Å². The van der Waals surface area contributed by atoms with E-state index in [1.54, 1.807) is 0 Å². The highest BCUT2D eigenvalue weighted by Crippen LogP contribution is 2.28. The van der Waals surface area contributed by atoms with E-state index < -0.39 is 0 Å². The van der Waals surface area contributed by atoms with Crippen molar-refractivity contribution in [3.05, 3.63) is 23.8 Å². The molecule has 1 unspecified atom stereocenters. The third-order valence-corrected chi connectivity index (χ3v) is 5.64. The van der Waals surface area contributed by atoms with Crippen LogP contribution >= 0.6 is 24.0 Å². The van der Waals surface area contributed by atoms with E-state index in [9.17, 15) is 0 Å². The molecule has 1 aliphatic heterocycles. The summed E-state index contributed by atoms with van der Waals surface area (Å²) < 4.78 is 11.4. The molecule has 1 heterocycles. The first-order valence-corrected chi connectivity index (χ1v) is 11.9. The Hall–Kier alpha value is -1.26. The van der Waals surface area contributed by atoms with Crippen LogP contribution in [0.5, 0.6) is 11.5 Å². The minimum Gasteiger partial charge on any atom is -0.490 e. The van der Waals surface area contributed by atoms with E-state index in [0.29, 0.717) is 19.1 Å². The molecule has 1 fully saturated rings. The summed E-state index contributed by atoms with van der Waals surface area (Å²) >= 11 is 0. The third-order valence-electron chi connectivity index (χ3n) is 5.64. The number of hydrogen-bond donors (Lipinski definition) is 2. The minimum atomic E-state index is 0. The van der Waals surface area contributed by atoms with Gasteiger partial charge in [0.05, 0.1) is 13.2 Å². The number of piperazine rings is 1. The van der Waals surface area contributed by atoms with E-state index in [2.05, 4.69) is 51.4 Å². The SMILES string of the molecule is CCOc1ccc(CCNC(=NC)NCC(C)CN2CCN(CC)CC2)cc1OCC.I. The maximum Gasteiger partial charge on any atom is 0.190 e. The van der Waals surface area contributed by atoms with Crippen LogP contribution in [-0.4, -0.2) is 88.4 Å². The Bertz CT molecular complexity index is 666. The maximum atomic E-state index is 5.73. The lowest BCUT2D eigenvalue weighted by Gasteiger charge is -2.35. The van der Waals surface area contributed by atoms with E-state index in [4.69, 9.17) is 9.47 Å². The maximum absolute atomic E-state index is 5.73. The van der Waals surface area contributed by atoms with Gasteiger partial charge in [-0.1, -0.05) is 19.9 Å². The first-order valence-electron chi connectivity index (χ1n) is 11.9. The third kappa shape index (κ3) is 10.1. The van der Waals surface area contributed by atoms with Crippen molar-refractivity contribution < 1.29 is 9.47 Å². The number of ether oxygens (including phenoxy) is 2. The lowest BCUT2D eigenvalue weighted by atomic mass is 10.1. The van der Waals surface area contributed by atoms with Gasteiger partial charge < -0.3 is 29.9 Å². The normalized spacial score (nSPS) is 16.2. The van der Waals surface area contributed by atoms with Gasteiger partial charge in [0.2, 0.25) is 0 Å². The highest BCUT2D eigenvalue weighted by Gasteiger charge is 2.17. The Kier molecular flexibility index (Phi) is 14.7. The van der Waals surface area contributed by atoms with Gasteiger partial charge in [-0.3, -0.25) is 4.99 Å². The molecule has 0 amide bonds. The predicted octanol–water partition coefficient (Wildman–Crippen LogP) is 3.08. The van der Waals surface area contributed by atoms with Gasteiger partial charge in [0.15, 0.2) is 17.5 Å². The van der Waals surface area contributed by atoms with Crippen molar-refractivity contribution in [3.8, 4) is 11.5 Å². The molecule has 1 aliphatic rings. The van der Waals surface area contributed by atoms with Crippen LogP contribution in [0.1, 0.15) is 33.3 Å². The first-order chi connectivity index (χ1) is 15.1. The number of nitrogens with zero attached hydrogens (tertiary/aromatic N) is 3. The number of aliphatic imine (C=N–C) groups is 1. The van der Waals surface area contributed by atoms with Gasteiger partial charge in [-0.05, 0) is 50.4 Å².